The van der Waals surface area contributed by atoms with E-state index in [1.807, 2.05) is 4.57 Å². The third kappa shape index (κ3) is 3.67. The molecule has 1 fully saturated rings. The quantitative estimate of drug-likeness (QED) is 0.646. The van der Waals surface area contributed by atoms with E-state index in [2.05, 4.69) is 0 Å². The van der Waals surface area contributed by atoms with Gasteiger partial charge in [-0.15, -0.1) is 0 Å². The number of β-amino-alcohol motifs (C(OH)–C–C–N with tert-alkyl or cyclic N) is 1. The lowest BCUT2D eigenvalue weighted by Gasteiger charge is -2.37. The molecule has 3 aromatic rings. The standard InChI is InChI=1S/C22H24F2N2O3/c1-22(2,3)29-21(28)25-9-8-19(20(27)12-25)26-17-6-4-13(23)10-15(17)16-11-14(24)5-7-18(16)26/h4-7,10-11,19-20,27H,8-9,12H2,1-3H3. The highest BCUT2D eigenvalue weighted by molar-refractivity contribution is 6.08. The Kier molecular flexibility index (Phi) is 4.73. The van der Waals surface area contributed by atoms with Gasteiger partial charge in [0.2, 0.25) is 0 Å². The maximum Gasteiger partial charge on any atom is 0.410 e. The van der Waals surface area contributed by atoms with Gasteiger partial charge in [-0.3, -0.25) is 0 Å². The van der Waals surface area contributed by atoms with Crippen LogP contribution in [0.5, 0.6) is 0 Å². The Balaban J connectivity index is 1.71. The zero-order valence-electron chi connectivity index (χ0n) is 16.7. The van der Waals surface area contributed by atoms with E-state index in [1.54, 1.807) is 32.9 Å². The van der Waals surface area contributed by atoms with Gasteiger partial charge < -0.3 is 19.3 Å². The third-order valence-corrected chi connectivity index (χ3v) is 5.26. The normalized spacial score (nSPS) is 20.4. The summed E-state index contributed by atoms with van der Waals surface area (Å²) in [6, 6.07) is 8.45. The van der Waals surface area contributed by atoms with Crippen molar-refractivity contribution in [1.29, 1.82) is 0 Å². The number of aliphatic hydroxyl groups is 1. The van der Waals surface area contributed by atoms with Crippen molar-refractivity contribution in [3.05, 3.63) is 48.0 Å². The summed E-state index contributed by atoms with van der Waals surface area (Å²) < 4.78 is 35.1. The molecule has 0 radical (unpaired) electrons. The molecule has 7 heteroatoms. The van der Waals surface area contributed by atoms with Crippen LogP contribution in [-0.2, 0) is 4.74 Å². The van der Waals surface area contributed by atoms with Crippen molar-refractivity contribution in [2.24, 2.45) is 0 Å². The molecule has 154 valence electrons. The summed E-state index contributed by atoms with van der Waals surface area (Å²) in [5, 5.41) is 12.1. The highest BCUT2D eigenvalue weighted by Gasteiger charge is 2.34. The number of aliphatic hydroxyl groups excluding tert-OH is 1. The molecule has 1 aromatic heterocycles. The zero-order chi connectivity index (χ0) is 20.9. The molecule has 29 heavy (non-hydrogen) atoms. The average Bonchev–Trinajstić information content (AvgIpc) is 2.93. The smallest absolute Gasteiger partial charge is 0.410 e. The summed E-state index contributed by atoms with van der Waals surface area (Å²) in [5.74, 6) is -0.804. The molecule has 5 nitrogen and oxygen atoms in total. The maximum absolute atomic E-state index is 13.9. The summed E-state index contributed by atoms with van der Waals surface area (Å²) in [4.78, 5) is 13.9. The summed E-state index contributed by atoms with van der Waals surface area (Å²) >= 11 is 0. The Morgan fingerprint density at radius 3 is 2.10 bits per heavy atom. The average molecular weight is 402 g/mol. The lowest BCUT2D eigenvalue weighted by molar-refractivity contribution is -0.00880. The SMILES string of the molecule is CC(C)(C)OC(=O)N1CCC(n2c3ccc(F)cc3c3cc(F)ccc32)C(O)C1. The largest absolute Gasteiger partial charge is 0.444 e. The van der Waals surface area contributed by atoms with Crippen molar-refractivity contribution < 1.29 is 23.4 Å². The monoisotopic (exact) mass is 402 g/mol. The number of hydrogen-bond donors (Lipinski definition) is 1. The number of aromatic nitrogens is 1. The topological polar surface area (TPSA) is 54.7 Å². The zero-order valence-corrected chi connectivity index (χ0v) is 16.7. The fourth-order valence-corrected chi connectivity index (χ4v) is 4.07. The summed E-state index contributed by atoms with van der Waals surface area (Å²) in [5.41, 5.74) is 0.836. The predicted molar refractivity (Wildman–Crippen MR) is 107 cm³/mol. The van der Waals surface area contributed by atoms with Crippen molar-refractivity contribution in [3.63, 3.8) is 0 Å². The number of nitrogens with zero attached hydrogens (tertiary/aromatic N) is 2. The van der Waals surface area contributed by atoms with Gasteiger partial charge in [-0.1, -0.05) is 0 Å². The van der Waals surface area contributed by atoms with Crippen molar-refractivity contribution in [2.75, 3.05) is 13.1 Å². The van der Waals surface area contributed by atoms with Gasteiger partial charge in [0.05, 0.1) is 18.7 Å². The molecule has 1 aliphatic rings. The summed E-state index contributed by atoms with van der Waals surface area (Å²) in [6.45, 7) is 5.93. The number of carbonyl (C=O) groups is 1. The number of fused-ring (bicyclic) bond motifs is 3. The van der Waals surface area contributed by atoms with E-state index in [0.717, 1.165) is 11.0 Å². The predicted octanol–water partition coefficient (Wildman–Crippen LogP) is 4.62. The van der Waals surface area contributed by atoms with Gasteiger partial charge in [-0.25, -0.2) is 13.6 Å². The van der Waals surface area contributed by atoms with Gasteiger partial charge in [0.1, 0.15) is 17.2 Å². The van der Waals surface area contributed by atoms with Crippen LogP contribution in [0.4, 0.5) is 13.6 Å². The minimum Gasteiger partial charge on any atom is -0.444 e. The number of ether oxygens (including phenoxy) is 1. The fourth-order valence-electron chi connectivity index (χ4n) is 4.07. The highest BCUT2D eigenvalue weighted by atomic mass is 19.1. The van der Waals surface area contributed by atoms with Gasteiger partial charge >= 0.3 is 6.09 Å². The summed E-state index contributed by atoms with van der Waals surface area (Å²) in [6.07, 6.45) is -0.805. The van der Waals surface area contributed by atoms with Gasteiger partial charge in [-0.2, -0.15) is 0 Å². The molecule has 2 atom stereocenters. The minimum atomic E-state index is -0.842. The van der Waals surface area contributed by atoms with E-state index in [-0.39, 0.29) is 12.6 Å². The van der Waals surface area contributed by atoms with Crippen molar-refractivity contribution in [2.45, 2.75) is 44.9 Å². The number of amides is 1. The first-order chi connectivity index (χ1) is 13.6. The molecule has 1 aliphatic heterocycles. The number of rotatable bonds is 1. The first kappa shape index (κ1) is 19.6. The Labute approximate surface area is 167 Å². The number of piperidine rings is 1. The van der Waals surface area contributed by atoms with E-state index >= 15 is 0 Å². The van der Waals surface area contributed by atoms with Crippen molar-refractivity contribution in [1.82, 2.24) is 9.47 Å². The molecular weight excluding hydrogens is 378 g/mol. The van der Waals surface area contributed by atoms with Crippen LogP contribution in [0, 0.1) is 11.6 Å². The molecule has 2 unspecified atom stereocenters. The molecule has 2 heterocycles. The minimum absolute atomic E-state index is 0.128. The first-order valence-electron chi connectivity index (χ1n) is 9.69. The van der Waals surface area contributed by atoms with Crippen LogP contribution < -0.4 is 0 Å². The molecule has 0 bridgehead atoms. The molecule has 0 saturated carbocycles. The van der Waals surface area contributed by atoms with E-state index in [9.17, 15) is 18.7 Å². The number of benzene rings is 2. The van der Waals surface area contributed by atoms with E-state index < -0.39 is 29.4 Å². The van der Waals surface area contributed by atoms with Gasteiger partial charge in [-0.05, 0) is 63.6 Å². The Morgan fingerprint density at radius 2 is 1.62 bits per heavy atom. The van der Waals surface area contributed by atoms with Crippen LogP contribution in [-0.4, -0.2) is 45.5 Å². The first-order valence-corrected chi connectivity index (χ1v) is 9.69. The van der Waals surface area contributed by atoms with E-state index in [0.29, 0.717) is 23.7 Å². The van der Waals surface area contributed by atoms with Crippen molar-refractivity contribution in [3.8, 4) is 0 Å². The van der Waals surface area contributed by atoms with Crippen LogP contribution in [0.3, 0.4) is 0 Å². The molecule has 1 saturated heterocycles. The van der Waals surface area contributed by atoms with E-state index in [1.165, 1.54) is 29.2 Å². The second-order valence-electron chi connectivity index (χ2n) is 8.54. The van der Waals surface area contributed by atoms with Gasteiger partial charge in [0.15, 0.2) is 0 Å². The van der Waals surface area contributed by atoms with Crippen LogP contribution in [0.25, 0.3) is 21.8 Å². The molecule has 0 spiro atoms. The van der Waals surface area contributed by atoms with Crippen molar-refractivity contribution >= 4 is 27.9 Å². The lowest BCUT2D eigenvalue weighted by Crippen LogP contribution is -2.48. The molecule has 0 aliphatic carbocycles. The second-order valence-corrected chi connectivity index (χ2v) is 8.54. The number of carbonyl (C=O) groups excluding carboxylic acids is 1. The molecule has 1 N–H and O–H groups in total. The number of likely N-dealkylation sites (tertiary alicyclic amines) is 1. The van der Waals surface area contributed by atoms with Crippen LogP contribution in [0.2, 0.25) is 0 Å². The van der Waals surface area contributed by atoms with Gasteiger partial charge in [0, 0.05) is 28.4 Å². The van der Waals surface area contributed by atoms with Gasteiger partial charge in [0.25, 0.3) is 0 Å². The molecule has 1 amide bonds. The molecular formula is C22H24F2N2O3. The molecule has 2 aromatic carbocycles. The number of hydrogen-bond acceptors (Lipinski definition) is 3. The Morgan fingerprint density at radius 1 is 1.07 bits per heavy atom. The second kappa shape index (κ2) is 6.99. The maximum atomic E-state index is 13.9. The van der Waals surface area contributed by atoms with Crippen LogP contribution in [0.1, 0.15) is 33.2 Å². The fraction of sp³-hybridized carbons (Fsp3) is 0.409. The van der Waals surface area contributed by atoms with Crippen LogP contribution >= 0.6 is 0 Å². The summed E-state index contributed by atoms with van der Waals surface area (Å²) in [7, 11) is 0. The Bertz CT molecular complexity index is 1030. The third-order valence-electron chi connectivity index (χ3n) is 5.26. The lowest BCUT2D eigenvalue weighted by atomic mass is 10.0. The Hall–Kier alpha value is -2.67. The molecule has 4 rings (SSSR count). The van der Waals surface area contributed by atoms with E-state index in [4.69, 9.17) is 4.74 Å². The number of halogens is 2. The van der Waals surface area contributed by atoms with Crippen LogP contribution in [0.15, 0.2) is 36.4 Å². The highest BCUT2D eigenvalue weighted by Crippen LogP contribution is 2.36.